The Hall–Kier alpha value is -1.35. The first-order chi connectivity index (χ1) is 8.74. The number of aliphatic carboxylic acids is 1. The van der Waals surface area contributed by atoms with Gasteiger partial charge in [-0.3, -0.25) is 9.69 Å². The summed E-state index contributed by atoms with van der Waals surface area (Å²) in [4.78, 5) is 13.7. The van der Waals surface area contributed by atoms with Gasteiger partial charge in [-0.05, 0) is 29.9 Å². The molecule has 0 bridgehead atoms. The molecule has 1 aromatic rings. The summed E-state index contributed by atoms with van der Waals surface area (Å²) in [6.07, 6.45) is 3.98. The van der Waals surface area contributed by atoms with E-state index >= 15 is 0 Å². The summed E-state index contributed by atoms with van der Waals surface area (Å²) in [7, 11) is 0. The second kappa shape index (κ2) is 4.73. The Kier molecular flexibility index (Phi) is 3.08. The molecule has 1 aliphatic carbocycles. The molecule has 2 aliphatic rings. The Labute approximate surface area is 107 Å². The van der Waals surface area contributed by atoms with E-state index < -0.39 is 5.97 Å². The van der Waals surface area contributed by atoms with Crippen molar-refractivity contribution in [2.24, 2.45) is 5.92 Å². The highest BCUT2D eigenvalue weighted by atomic mass is 16.4. The van der Waals surface area contributed by atoms with E-state index in [2.05, 4.69) is 11.0 Å². The minimum absolute atomic E-state index is 0.352. The molecule has 1 N–H and O–H groups in total. The van der Waals surface area contributed by atoms with Crippen molar-refractivity contribution < 1.29 is 9.90 Å². The quantitative estimate of drug-likeness (QED) is 0.889. The van der Waals surface area contributed by atoms with Crippen molar-refractivity contribution in [3.63, 3.8) is 0 Å². The largest absolute Gasteiger partial charge is 0.481 e. The van der Waals surface area contributed by atoms with Gasteiger partial charge in [0, 0.05) is 19.6 Å². The van der Waals surface area contributed by atoms with E-state index in [1.165, 1.54) is 24.8 Å². The third-order valence-corrected chi connectivity index (χ3v) is 4.30. The highest BCUT2D eigenvalue weighted by Crippen LogP contribution is 2.32. The van der Waals surface area contributed by atoms with E-state index in [4.69, 9.17) is 0 Å². The van der Waals surface area contributed by atoms with Gasteiger partial charge in [0.25, 0.3) is 0 Å². The molecule has 18 heavy (non-hydrogen) atoms. The monoisotopic (exact) mass is 245 g/mol. The minimum Gasteiger partial charge on any atom is -0.481 e. The Balaban J connectivity index is 1.80. The standard InChI is InChI=1S/C15H19NO2/c17-15(18)14-10-16(8-11-4-3-5-11)9-12-6-1-2-7-13(12)14/h1-2,6-7,11,14H,3-5,8-10H2,(H,17,18). The number of fused-ring (bicyclic) bond motifs is 1. The zero-order valence-electron chi connectivity index (χ0n) is 10.5. The second-order valence-electron chi connectivity index (χ2n) is 5.58. The molecule has 0 spiro atoms. The Morgan fingerprint density at radius 2 is 2.11 bits per heavy atom. The summed E-state index contributed by atoms with van der Waals surface area (Å²) in [6, 6.07) is 7.98. The molecule has 96 valence electrons. The van der Waals surface area contributed by atoms with E-state index in [0.29, 0.717) is 6.54 Å². The zero-order valence-corrected chi connectivity index (χ0v) is 10.5. The van der Waals surface area contributed by atoms with Gasteiger partial charge in [-0.2, -0.15) is 0 Å². The molecule has 1 aromatic carbocycles. The molecular weight excluding hydrogens is 226 g/mol. The lowest BCUT2D eigenvalue weighted by Crippen LogP contribution is -2.40. The minimum atomic E-state index is -0.694. The second-order valence-corrected chi connectivity index (χ2v) is 5.58. The van der Waals surface area contributed by atoms with Crippen molar-refractivity contribution >= 4 is 5.97 Å². The van der Waals surface area contributed by atoms with Crippen LogP contribution in [0.4, 0.5) is 0 Å². The van der Waals surface area contributed by atoms with Gasteiger partial charge in [0.15, 0.2) is 0 Å². The first-order valence-corrected chi connectivity index (χ1v) is 6.77. The molecule has 1 fully saturated rings. The summed E-state index contributed by atoms with van der Waals surface area (Å²) in [6.45, 7) is 2.65. The van der Waals surface area contributed by atoms with Gasteiger partial charge in [0.1, 0.15) is 0 Å². The van der Waals surface area contributed by atoms with Crippen molar-refractivity contribution in [2.75, 3.05) is 13.1 Å². The third kappa shape index (κ3) is 2.15. The molecule has 0 radical (unpaired) electrons. The lowest BCUT2D eigenvalue weighted by molar-refractivity contribution is -0.139. The molecule has 1 saturated carbocycles. The molecule has 1 atom stereocenters. The predicted octanol–water partition coefficient (Wildman–Crippen LogP) is 2.47. The van der Waals surface area contributed by atoms with Crippen LogP contribution in [-0.4, -0.2) is 29.1 Å². The van der Waals surface area contributed by atoms with Crippen molar-refractivity contribution in [1.29, 1.82) is 0 Å². The summed E-state index contributed by atoms with van der Waals surface area (Å²) in [5, 5.41) is 9.38. The average molecular weight is 245 g/mol. The predicted molar refractivity (Wildman–Crippen MR) is 69.4 cm³/mol. The molecule has 1 aliphatic heterocycles. The molecular formula is C15H19NO2. The van der Waals surface area contributed by atoms with Crippen LogP contribution in [-0.2, 0) is 11.3 Å². The van der Waals surface area contributed by atoms with Crippen molar-refractivity contribution in [1.82, 2.24) is 4.90 Å². The molecule has 1 heterocycles. The van der Waals surface area contributed by atoms with Crippen LogP contribution in [0.25, 0.3) is 0 Å². The van der Waals surface area contributed by atoms with Crippen LogP contribution >= 0.6 is 0 Å². The van der Waals surface area contributed by atoms with E-state index in [1.54, 1.807) is 0 Å². The van der Waals surface area contributed by atoms with Crippen LogP contribution in [0, 0.1) is 5.92 Å². The van der Waals surface area contributed by atoms with E-state index in [0.717, 1.165) is 24.6 Å². The van der Waals surface area contributed by atoms with Crippen molar-refractivity contribution in [2.45, 2.75) is 31.7 Å². The van der Waals surface area contributed by atoms with Gasteiger partial charge in [0.05, 0.1) is 5.92 Å². The number of hydrogen-bond donors (Lipinski definition) is 1. The molecule has 3 heteroatoms. The van der Waals surface area contributed by atoms with Gasteiger partial charge < -0.3 is 5.11 Å². The maximum Gasteiger partial charge on any atom is 0.312 e. The van der Waals surface area contributed by atoms with E-state index in [9.17, 15) is 9.90 Å². The van der Waals surface area contributed by atoms with Gasteiger partial charge >= 0.3 is 5.97 Å². The highest BCUT2D eigenvalue weighted by molar-refractivity contribution is 5.77. The molecule has 3 rings (SSSR count). The summed E-state index contributed by atoms with van der Waals surface area (Å²) in [5.74, 6) is -0.250. The summed E-state index contributed by atoms with van der Waals surface area (Å²) in [5.41, 5.74) is 2.20. The summed E-state index contributed by atoms with van der Waals surface area (Å²) >= 11 is 0. The van der Waals surface area contributed by atoms with Crippen LogP contribution in [0.15, 0.2) is 24.3 Å². The normalized spacial score (nSPS) is 24.3. The molecule has 1 unspecified atom stereocenters. The van der Waals surface area contributed by atoms with Gasteiger partial charge in [0.2, 0.25) is 0 Å². The van der Waals surface area contributed by atoms with Crippen LogP contribution in [0.3, 0.4) is 0 Å². The van der Waals surface area contributed by atoms with Gasteiger partial charge in [-0.15, -0.1) is 0 Å². The van der Waals surface area contributed by atoms with E-state index in [-0.39, 0.29) is 5.92 Å². The van der Waals surface area contributed by atoms with Crippen LogP contribution in [0.2, 0.25) is 0 Å². The fourth-order valence-electron chi connectivity index (χ4n) is 3.07. The van der Waals surface area contributed by atoms with Crippen LogP contribution < -0.4 is 0 Å². The van der Waals surface area contributed by atoms with Crippen LogP contribution in [0.5, 0.6) is 0 Å². The number of benzene rings is 1. The lowest BCUT2D eigenvalue weighted by atomic mass is 9.83. The fraction of sp³-hybridized carbons (Fsp3) is 0.533. The molecule has 0 saturated heterocycles. The zero-order chi connectivity index (χ0) is 12.5. The number of hydrogen-bond acceptors (Lipinski definition) is 2. The Morgan fingerprint density at radius 3 is 2.78 bits per heavy atom. The number of rotatable bonds is 3. The summed E-state index contributed by atoms with van der Waals surface area (Å²) < 4.78 is 0. The molecule has 0 amide bonds. The van der Waals surface area contributed by atoms with Gasteiger partial charge in [-0.25, -0.2) is 0 Å². The lowest BCUT2D eigenvalue weighted by Gasteiger charge is -2.37. The maximum absolute atomic E-state index is 11.4. The fourth-order valence-corrected chi connectivity index (χ4v) is 3.07. The first kappa shape index (κ1) is 11.7. The number of carboxylic acid groups (broad SMARTS) is 1. The van der Waals surface area contributed by atoms with Crippen LogP contribution in [0.1, 0.15) is 36.3 Å². The maximum atomic E-state index is 11.4. The van der Waals surface area contributed by atoms with Crippen molar-refractivity contribution in [3.8, 4) is 0 Å². The number of carboxylic acids is 1. The average Bonchev–Trinajstić information content (AvgIpc) is 2.32. The topological polar surface area (TPSA) is 40.5 Å². The Morgan fingerprint density at radius 1 is 1.33 bits per heavy atom. The smallest absolute Gasteiger partial charge is 0.312 e. The first-order valence-electron chi connectivity index (χ1n) is 6.77. The molecule has 3 nitrogen and oxygen atoms in total. The highest BCUT2D eigenvalue weighted by Gasteiger charge is 2.31. The molecule has 0 aromatic heterocycles. The number of nitrogens with zero attached hydrogens (tertiary/aromatic N) is 1. The SMILES string of the molecule is O=C(O)C1CN(CC2CCC2)Cc2ccccc21. The van der Waals surface area contributed by atoms with Crippen molar-refractivity contribution in [3.05, 3.63) is 35.4 Å². The van der Waals surface area contributed by atoms with Gasteiger partial charge in [-0.1, -0.05) is 30.7 Å². The number of carbonyl (C=O) groups is 1. The van der Waals surface area contributed by atoms with E-state index in [1.807, 2.05) is 18.2 Å². The third-order valence-electron chi connectivity index (χ3n) is 4.30. The Bertz CT molecular complexity index is 454.